The summed E-state index contributed by atoms with van der Waals surface area (Å²) in [7, 11) is 0. The Morgan fingerprint density at radius 2 is 1.71 bits per heavy atom. The molecule has 3 aromatic carbocycles. The zero-order valence-electron chi connectivity index (χ0n) is 19.5. The van der Waals surface area contributed by atoms with Gasteiger partial charge in [-0.25, -0.2) is 5.01 Å². The lowest BCUT2D eigenvalue weighted by atomic mass is 10.1. The van der Waals surface area contributed by atoms with Gasteiger partial charge in [-0.1, -0.05) is 41.4 Å². The number of rotatable bonds is 7. The van der Waals surface area contributed by atoms with Gasteiger partial charge in [0.05, 0.1) is 12.3 Å². The summed E-state index contributed by atoms with van der Waals surface area (Å²) in [5, 5.41) is 2.32. The molecular formula is C27H24Cl2N2O4. The van der Waals surface area contributed by atoms with E-state index in [2.05, 4.69) is 5.43 Å². The first-order valence-electron chi connectivity index (χ1n) is 11.0. The fourth-order valence-corrected chi connectivity index (χ4v) is 4.03. The maximum atomic E-state index is 13.0. The SMILES string of the molecule is CCOc1cc(C=C2C(=O)NN(c3ccc(C)c(C)c3)C2=O)ccc1OCc1ccc(Cl)cc1Cl. The molecule has 0 radical (unpaired) electrons. The smallest absolute Gasteiger partial charge is 0.282 e. The zero-order valence-corrected chi connectivity index (χ0v) is 21.0. The predicted molar refractivity (Wildman–Crippen MR) is 138 cm³/mol. The first kappa shape index (κ1) is 24.6. The van der Waals surface area contributed by atoms with Crippen LogP contribution in [0.4, 0.5) is 5.69 Å². The lowest BCUT2D eigenvalue weighted by Gasteiger charge is -2.16. The number of carbonyl (C=O) groups is 2. The molecule has 0 spiro atoms. The topological polar surface area (TPSA) is 67.9 Å². The lowest BCUT2D eigenvalue weighted by molar-refractivity contribution is -0.117. The summed E-state index contributed by atoms with van der Waals surface area (Å²) >= 11 is 12.2. The number of anilines is 1. The van der Waals surface area contributed by atoms with Gasteiger partial charge < -0.3 is 9.47 Å². The molecule has 0 atom stereocenters. The van der Waals surface area contributed by atoms with E-state index in [9.17, 15) is 9.59 Å². The highest BCUT2D eigenvalue weighted by molar-refractivity contribution is 6.35. The lowest BCUT2D eigenvalue weighted by Crippen LogP contribution is -2.35. The van der Waals surface area contributed by atoms with Gasteiger partial charge in [-0.2, -0.15) is 0 Å². The van der Waals surface area contributed by atoms with Crippen LogP contribution in [0.15, 0.2) is 60.2 Å². The van der Waals surface area contributed by atoms with E-state index in [-0.39, 0.29) is 12.2 Å². The minimum absolute atomic E-state index is 0.0345. The summed E-state index contributed by atoms with van der Waals surface area (Å²) in [4.78, 5) is 25.6. The van der Waals surface area contributed by atoms with Crippen molar-refractivity contribution in [3.05, 3.63) is 92.5 Å². The van der Waals surface area contributed by atoms with Gasteiger partial charge >= 0.3 is 0 Å². The molecule has 1 N–H and O–H groups in total. The van der Waals surface area contributed by atoms with Gasteiger partial charge in [0.15, 0.2) is 11.5 Å². The Balaban J connectivity index is 1.56. The second-order valence-corrected chi connectivity index (χ2v) is 8.92. The molecule has 1 heterocycles. The quantitative estimate of drug-likeness (QED) is 0.310. The van der Waals surface area contributed by atoms with Crippen molar-refractivity contribution in [3.8, 4) is 11.5 Å². The number of halogens is 2. The Kier molecular flexibility index (Phi) is 7.34. The van der Waals surface area contributed by atoms with E-state index >= 15 is 0 Å². The van der Waals surface area contributed by atoms with Crippen LogP contribution < -0.4 is 19.9 Å². The molecule has 0 aliphatic carbocycles. The molecule has 3 aromatic rings. The van der Waals surface area contributed by atoms with Crippen LogP contribution in [0.3, 0.4) is 0 Å². The fraction of sp³-hybridized carbons (Fsp3) is 0.185. The number of ether oxygens (including phenoxy) is 2. The van der Waals surface area contributed by atoms with E-state index in [0.29, 0.717) is 39.4 Å². The number of nitrogens with one attached hydrogen (secondary N) is 1. The molecule has 1 aliphatic heterocycles. The molecule has 1 fully saturated rings. The number of nitrogens with zero attached hydrogens (tertiary/aromatic N) is 1. The average Bonchev–Trinajstić information content (AvgIpc) is 3.10. The van der Waals surface area contributed by atoms with E-state index < -0.39 is 11.8 Å². The van der Waals surface area contributed by atoms with Gasteiger partial charge in [0.2, 0.25) is 0 Å². The fourth-order valence-electron chi connectivity index (χ4n) is 3.57. The molecule has 1 saturated heterocycles. The van der Waals surface area contributed by atoms with Crippen molar-refractivity contribution in [3.63, 3.8) is 0 Å². The van der Waals surface area contributed by atoms with Crippen LogP contribution >= 0.6 is 23.2 Å². The van der Waals surface area contributed by atoms with Crippen molar-refractivity contribution in [2.45, 2.75) is 27.4 Å². The zero-order chi connectivity index (χ0) is 25.1. The third-order valence-corrected chi connectivity index (χ3v) is 6.20. The summed E-state index contributed by atoms with van der Waals surface area (Å²) in [6.07, 6.45) is 1.54. The molecular weight excluding hydrogens is 487 g/mol. The van der Waals surface area contributed by atoms with Gasteiger partial charge in [0, 0.05) is 15.6 Å². The molecule has 0 aromatic heterocycles. The Bertz CT molecular complexity index is 1340. The van der Waals surface area contributed by atoms with E-state index in [4.69, 9.17) is 32.7 Å². The third-order valence-electron chi connectivity index (χ3n) is 5.62. The highest BCUT2D eigenvalue weighted by Crippen LogP contribution is 2.32. The monoisotopic (exact) mass is 510 g/mol. The largest absolute Gasteiger partial charge is 0.490 e. The van der Waals surface area contributed by atoms with Gasteiger partial charge in [0.25, 0.3) is 11.8 Å². The minimum atomic E-state index is -0.469. The van der Waals surface area contributed by atoms with Crippen molar-refractivity contribution in [1.82, 2.24) is 5.43 Å². The first-order valence-corrected chi connectivity index (χ1v) is 11.8. The van der Waals surface area contributed by atoms with Crippen LogP contribution in [0.25, 0.3) is 6.08 Å². The number of benzene rings is 3. The standard InChI is InChI=1S/C27H24Cl2N2O4/c1-4-34-25-13-18(6-10-24(25)35-15-19-7-8-20(28)14-23(19)29)12-22-26(32)30-31(27(22)33)21-9-5-16(2)17(3)11-21/h5-14H,4,15H2,1-3H3,(H,30,32). The van der Waals surface area contributed by atoms with E-state index in [1.807, 2.05) is 32.9 Å². The summed E-state index contributed by atoms with van der Waals surface area (Å²) in [6.45, 7) is 6.45. The highest BCUT2D eigenvalue weighted by Gasteiger charge is 2.34. The van der Waals surface area contributed by atoms with Crippen LogP contribution in [0.2, 0.25) is 10.0 Å². The number of hydrogen-bond acceptors (Lipinski definition) is 4. The molecule has 0 saturated carbocycles. The molecule has 1 aliphatic rings. The van der Waals surface area contributed by atoms with Gasteiger partial charge in [-0.15, -0.1) is 0 Å². The summed E-state index contributed by atoms with van der Waals surface area (Å²) < 4.78 is 11.7. The van der Waals surface area contributed by atoms with Crippen molar-refractivity contribution in [2.75, 3.05) is 11.6 Å². The van der Waals surface area contributed by atoms with Crippen LogP contribution in [-0.2, 0) is 16.2 Å². The molecule has 0 unspecified atom stereocenters. The molecule has 2 amide bonds. The number of aryl methyl sites for hydroxylation is 2. The van der Waals surface area contributed by atoms with Crippen LogP contribution in [0, 0.1) is 13.8 Å². The van der Waals surface area contributed by atoms with E-state index in [0.717, 1.165) is 16.7 Å². The van der Waals surface area contributed by atoms with Crippen LogP contribution in [0.5, 0.6) is 11.5 Å². The molecule has 4 rings (SSSR count). The van der Waals surface area contributed by atoms with Crippen molar-refractivity contribution < 1.29 is 19.1 Å². The van der Waals surface area contributed by atoms with Crippen molar-refractivity contribution >= 4 is 46.8 Å². The molecule has 6 nitrogen and oxygen atoms in total. The number of hydrogen-bond donors (Lipinski definition) is 1. The second-order valence-electron chi connectivity index (χ2n) is 8.07. The summed E-state index contributed by atoms with van der Waals surface area (Å²) in [6, 6.07) is 16.0. The second kappa shape index (κ2) is 10.4. The molecule has 0 bridgehead atoms. The molecule has 8 heteroatoms. The van der Waals surface area contributed by atoms with Crippen LogP contribution in [0.1, 0.15) is 29.2 Å². The average molecular weight is 511 g/mol. The van der Waals surface area contributed by atoms with E-state index in [1.54, 1.807) is 48.5 Å². The Morgan fingerprint density at radius 3 is 2.43 bits per heavy atom. The van der Waals surface area contributed by atoms with Gasteiger partial charge in [0.1, 0.15) is 12.2 Å². The Morgan fingerprint density at radius 1 is 0.914 bits per heavy atom. The van der Waals surface area contributed by atoms with Crippen LogP contribution in [-0.4, -0.2) is 18.4 Å². The summed E-state index contributed by atoms with van der Waals surface area (Å²) in [5.41, 5.74) is 6.82. The number of hydrazine groups is 1. The molecule has 35 heavy (non-hydrogen) atoms. The molecule has 180 valence electrons. The Hall–Kier alpha value is -3.48. The Labute approximate surface area is 214 Å². The predicted octanol–water partition coefficient (Wildman–Crippen LogP) is 6.05. The normalized spacial score (nSPS) is 14.4. The number of amides is 2. The van der Waals surface area contributed by atoms with Gasteiger partial charge in [-0.05, 0) is 79.9 Å². The first-order chi connectivity index (χ1) is 16.8. The van der Waals surface area contributed by atoms with E-state index in [1.165, 1.54) is 5.01 Å². The number of carbonyl (C=O) groups excluding carboxylic acids is 2. The van der Waals surface area contributed by atoms with Crippen molar-refractivity contribution in [1.29, 1.82) is 0 Å². The highest BCUT2D eigenvalue weighted by atomic mass is 35.5. The van der Waals surface area contributed by atoms with Crippen molar-refractivity contribution in [2.24, 2.45) is 0 Å². The van der Waals surface area contributed by atoms with Gasteiger partial charge in [-0.3, -0.25) is 15.0 Å². The third kappa shape index (κ3) is 5.45. The maximum absolute atomic E-state index is 13.0. The maximum Gasteiger partial charge on any atom is 0.282 e. The summed E-state index contributed by atoms with van der Waals surface area (Å²) in [5.74, 6) is 0.112. The minimum Gasteiger partial charge on any atom is -0.490 e.